The molecule has 33 heavy (non-hydrogen) atoms. The lowest BCUT2D eigenvalue weighted by molar-refractivity contribution is -0.121. The van der Waals surface area contributed by atoms with Crippen molar-refractivity contribution in [2.75, 3.05) is 26.2 Å². The van der Waals surface area contributed by atoms with Crippen LogP contribution in [-0.2, 0) is 11.3 Å². The van der Waals surface area contributed by atoms with E-state index in [1.54, 1.807) is 0 Å². The number of nitrogens with zero attached hydrogens (tertiary/aromatic N) is 3. The van der Waals surface area contributed by atoms with Crippen LogP contribution in [0.1, 0.15) is 42.0 Å². The molecule has 1 atom stereocenters. The van der Waals surface area contributed by atoms with E-state index in [2.05, 4.69) is 62.4 Å². The van der Waals surface area contributed by atoms with Gasteiger partial charge in [-0.25, -0.2) is 4.98 Å². The number of H-pyrrole nitrogens is 1. The Hall–Kier alpha value is -3.38. The minimum absolute atomic E-state index is 0.0714. The Bertz CT molecular complexity index is 1190. The van der Waals surface area contributed by atoms with Crippen molar-refractivity contribution in [3.8, 4) is 0 Å². The number of carbonyl (C=O) groups is 1. The Morgan fingerprint density at radius 3 is 2.70 bits per heavy atom. The molecule has 0 aliphatic carbocycles. The number of rotatable bonds is 9. The number of aromatic nitrogens is 3. The third-order valence-electron chi connectivity index (χ3n) is 6.55. The van der Waals surface area contributed by atoms with Crippen LogP contribution in [0.4, 0.5) is 0 Å². The van der Waals surface area contributed by atoms with Crippen LogP contribution < -0.4 is 5.32 Å². The molecule has 3 heterocycles. The van der Waals surface area contributed by atoms with Gasteiger partial charge in [0, 0.05) is 55.3 Å². The molecule has 5 rings (SSSR count). The van der Waals surface area contributed by atoms with Gasteiger partial charge in [0.1, 0.15) is 0 Å². The molecule has 0 radical (unpaired) electrons. The summed E-state index contributed by atoms with van der Waals surface area (Å²) in [5, 5.41) is 4.28. The molecule has 1 aliphatic heterocycles. The minimum atomic E-state index is -0.107. The average molecular weight is 442 g/mol. The van der Waals surface area contributed by atoms with E-state index in [4.69, 9.17) is 4.98 Å². The Labute approximate surface area is 194 Å². The third-order valence-corrected chi connectivity index (χ3v) is 6.55. The van der Waals surface area contributed by atoms with Crippen LogP contribution >= 0.6 is 0 Å². The highest BCUT2D eigenvalue weighted by Crippen LogP contribution is 2.32. The maximum Gasteiger partial charge on any atom is 0.221 e. The van der Waals surface area contributed by atoms with E-state index in [-0.39, 0.29) is 11.8 Å². The first kappa shape index (κ1) is 21.5. The van der Waals surface area contributed by atoms with Gasteiger partial charge in [0.05, 0.1) is 12.0 Å². The maximum atomic E-state index is 13.0. The smallest absolute Gasteiger partial charge is 0.221 e. The number of para-hydroxylation sites is 1. The highest BCUT2D eigenvalue weighted by atomic mass is 16.1. The number of imidazole rings is 1. The van der Waals surface area contributed by atoms with Crippen LogP contribution in [0.25, 0.3) is 10.9 Å². The lowest BCUT2D eigenvalue weighted by Crippen LogP contribution is -2.34. The summed E-state index contributed by atoms with van der Waals surface area (Å²) in [6, 6.07) is 18.6. The second-order valence-corrected chi connectivity index (χ2v) is 8.90. The topological polar surface area (TPSA) is 66.0 Å². The summed E-state index contributed by atoms with van der Waals surface area (Å²) < 4.78 is 2.10. The average Bonchev–Trinajstić information content (AvgIpc) is 3.60. The zero-order chi connectivity index (χ0) is 22.5. The fraction of sp³-hybridized carbons (Fsp3) is 0.333. The van der Waals surface area contributed by atoms with Crippen LogP contribution in [0, 0.1) is 0 Å². The van der Waals surface area contributed by atoms with Gasteiger partial charge in [-0.1, -0.05) is 48.5 Å². The van der Waals surface area contributed by atoms with E-state index < -0.39 is 0 Å². The van der Waals surface area contributed by atoms with Gasteiger partial charge >= 0.3 is 0 Å². The van der Waals surface area contributed by atoms with Crippen molar-refractivity contribution in [2.24, 2.45) is 0 Å². The van der Waals surface area contributed by atoms with Crippen LogP contribution in [-0.4, -0.2) is 51.5 Å². The van der Waals surface area contributed by atoms with E-state index in [0.29, 0.717) is 13.0 Å². The van der Waals surface area contributed by atoms with Gasteiger partial charge < -0.3 is 19.8 Å². The third kappa shape index (κ3) is 5.17. The molecular formula is C27H31N5O. The molecule has 2 aromatic carbocycles. The van der Waals surface area contributed by atoms with E-state index in [1.807, 2.05) is 30.7 Å². The zero-order valence-corrected chi connectivity index (χ0v) is 18.9. The summed E-state index contributed by atoms with van der Waals surface area (Å²) in [6.07, 6.45) is 8.89. The highest BCUT2D eigenvalue weighted by Gasteiger charge is 2.24. The molecule has 6 heteroatoms. The van der Waals surface area contributed by atoms with Gasteiger partial charge in [-0.15, -0.1) is 0 Å². The molecule has 2 aromatic heterocycles. The van der Waals surface area contributed by atoms with Crippen LogP contribution in [0.15, 0.2) is 73.3 Å². The molecule has 6 nitrogen and oxygen atoms in total. The summed E-state index contributed by atoms with van der Waals surface area (Å²) in [5.41, 5.74) is 4.34. The van der Waals surface area contributed by atoms with Crippen LogP contribution in [0.5, 0.6) is 0 Å². The maximum absolute atomic E-state index is 13.0. The first-order valence-corrected chi connectivity index (χ1v) is 11.9. The minimum Gasteiger partial charge on any atom is -0.361 e. The Morgan fingerprint density at radius 1 is 1.06 bits per heavy atom. The number of aromatic amines is 1. The monoisotopic (exact) mass is 441 g/mol. The van der Waals surface area contributed by atoms with E-state index in [0.717, 1.165) is 48.3 Å². The Morgan fingerprint density at radius 2 is 1.85 bits per heavy atom. The van der Waals surface area contributed by atoms with Crippen molar-refractivity contribution >= 4 is 16.8 Å². The number of benzene rings is 2. The van der Waals surface area contributed by atoms with Gasteiger partial charge in [0.2, 0.25) is 5.91 Å². The number of hydrogen-bond acceptors (Lipinski definition) is 3. The number of nitrogens with one attached hydrogen (secondary N) is 2. The van der Waals surface area contributed by atoms with Gasteiger partial charge in [-0.3, -0.25) is 4.79 Å². The number of amides is 1. The summed E-state index contributed by atoms with van der Waals surface area (Å²) in [6.45, 7) is 4.67. The fourth-order valence-corrected chi connectivity index (χ4v) is 4.81. The molecular weight excluding hydrogens is 410 g/mol. The summed E-state index contributed by atoms with van der Waals surface area (Å²) in [4.78, 5) is 23.5. The standard InChI is InChI=1S/C27H31N5O/c33-27(28-12-15-31-13-6-7-14-31)16-23(24-17-29-25-11-5-4-10-22(24)25)26-19-32(20-30-26)18-21-8-2-1-3-9-21/h1-5,8-11,17,19-20,23,29H,6-7,12-16,18H2,(H,28,33). The molecule has 0 bridgehead atoms. The van der Waals surface area contributed by atoms with E-state index in [1.165, 1.54) is 18.4 Å². The molecule has 0 spiro atoms. The van der Waals surface area contributed by atoms with Crippen molar-refractivity contribution in [3.63, 3.8) is 0 Å². The SMILES string of the molecule is O=C(CC(c1cn(Cc2ccccc2)cn1)c1c[nH]c2ccccc12)NCCN1CCCC1. The highest BCUT2D eigenvalue weighted by molar-refractivity contribution is 5.85. The van der Waals surface area contributed by atoms with Crippen molar-refractivity contribution in [1.29, 1.82) is 0 Å². The van der Waals surface area contributed by atoms with Crippen LogP contribution in [0.2, 0.25) is 0 Å². The number of carbonyl (C=O) groups excluding carboxylic acids is 1. The number of fused-ring (bicyclic) bond motifs is 1. The Kier molecular flexibility index (Phi) is 6.53. The molecule has 0 saturated carbocycles. The summed E-state index contributed by atoms with van der Waals surface area (Å²) >= 11 is 0. The second kappa shape index (κ2) is 10.0. The fourth-order valence-electron chi connectivity index (χ4n) is 4.81. The molecule has 1 aliphatic rings. The van der Waals surface area contributed by atoms with E-state index >= 15 is 0 Å². The second-order valence-electron chi connectivity index (χ2n) is 8.90. The van der Waals surface area contributed by atoms with Gasteiger partial charge in [-0.2, -0.15) is 0 Å². The summed E-state index contributed by atoms with van der Waals surface area (Å²) in [5.74, 6) is -0.0351. The van der Waals surface area contributed by atoms with Crippen LogP contribution in [0.3, 0.4) is 0 Å². The molecule has 4 aromatic rings. The van der Waals surface area contributed by atoms with Gasteiger partial charge in [-0.05, 0) is 43.1 Å². The van der Waals surface area contributed by atoms with Crippen molar-refractivity contribution in [3.05, 3.63) is 90.1 Å². The molecule has 2 N–H and O–H groups in total. The first-order chi connectivity index (χ1) is 16.3. The lowest BCUT2D eigenvalue weighted by atomic mass is 9.92. The number of hydrogen-bond donors (Lipinski definition) is 2. The van der Waals surface area contributed by atoms with Crippen molar-refractivity contribution in [2.45, 2.75) is 31.7 Å². The normalized spacial score (nSPS) is 15.2. The molecule has 170 valence electrons. The molecule has 1 saturated heterocycles. The van der Waals surface area contributed by atoms with Gasteiger partial charge in [0.15, 0.2) is 0 Å². The quantitative estimate of drug-likeness (QED) is 0.410. The molecule has 1 amide bonds. The van der Waals surface area contributed by atoms with Gasteiger partial charge in [0.25, 0.3) is 0 Å². The lowest BCUT2D eigenvalue weighted by Gasteiger charge is -2.17. The zero-order valence-electron chi connectivity index (χ0n) is 18.9. The molecule has 1 unspecified atom stereocenters. The van der Waals surface area contributed by atoms with Crippen molar-refractivity contribution < 1.29 is 4.79 Å². The van der Waals surface area contributed by atoms with Crippen molar-refractivity contribution in [1.82, 2.24) is 24.8 Å². The largest absolute Gasteiger partial charge is 0.361 e. The number of likely N-dealkylation sites (tertiary alicyclic amines) is 1. The van der Waals surface area contributed by atoms with E-state index in [9.17, 15) is 4.79 Å². The summed E-state index contributed by atoms with van der Waals surface area (Å²) in [7, 11) is 0. The predicted octanol–water partition coefficient (Wildman–Crippen LogP) is 4.15. The molecule has 1 fully saturated rings. The predicted molar refractivity (Wildman–Crippen MR) is 131 cm³/mol. The Balaban J connectivity index is 1.34. The first-order valence-electron chi connectivity index (χ1n) is 11.9.